The Morgan fingerprint density at radius 1 is 1.09 bits per heavy atom. The molecule has 0 atom stereocenters. The number of hydrogen-bond acceptors (Lipinski definition) is 4. The number of aryl methyl sites for hydroxylation is 1. The molecule has 0 saturated carbocycles. The predicted molar refractivity (Wildman–Crippen MR) is 140 cm³/mol. The van der Waals surface area contributed by atoms with Crippen molar-refractivity contribution in [1.29, 1.82) is 0 Å². The van der Waals surface area contributed by atoms with Crippen molar-refractivity contribution < 1.29 is 14.3 Å². The van der Waals surface area contributed by atoms with Crippen molar-refractivity contribution in [3.8, 4) is 0 Å². The molecule has 0 radical (unpaired) electrons. The van der Waals surface area contributed by atoms with E-state index in [2.05, 4.69) is 11.9 Å². The molecule has 0 spiro atoms. The van der Waals surface area contributed by atoms with Crippen LogP contribution >= 0.6 is 11.6 Å². The van der Waals surface area contributed by atoms with Crippen LogP contribution in [0.5, 0.6) is 0 Å². The van der Waals surface area contributed by atoms with Gasteiger partial charge in [0.15, 0.2) is 6.29 Å². The molecular formula is C28H34ClN3O3. The summed E-state index contributed by atoms with van der Waals surface area (Å²) >= 11 is 5.82. The minimum atomic E-state index is -0.0692. The Balaban J connectivity index is 0.000000329. The number of halogens is 1. The highest BCUT2D eigenvalue weighted by Crippen LogP contribution is 2.15. The van der Waals surface area contributed by atoms with E-state index in [1.807, 2.05) is 73.0 Å². The number of carbonyl (C=O) groups is 2. The van der Waals surface area contributed by atoms with Gasteiger partial charge in [0.25, 0.3) is 0 Å². The normalized spacial score (nSPS) is 12.2. The van der Waals surface area contributed by atoms with Crippen molar-refractivity contribution in [2.45, 2.75) is 46.9 Å². The van der Waals surface area contributed by atoms with E-state index in [9.17, 15) is 9.59 Å². The Morgan fingerprint density at radius 2 is 1.80 bits per heavy atom. The molecule has 2 heterocycles. The van der Waals surface area contributed by atoms with Gasteiger partial charge in [0.05, 0.1) is 26.0 Å². The molecule has 0 fully saturated rings. The predicted octanol–water partition coefficient (Wildman–Crippen LogP) is 5.74. The molecule has 0 saturated heterocycles. The third-order valence-corrected chi connectivity index (χ3v) is 5.62. The first-order valence-electron chi connectivity index (χ1n) is 11.9. The molecule has 4 rings (SSSR count). The zero-order chi connectivity index (χ0) is 25.5. The lowest BCUT2D eigenvalue weighted by atomic mass is 10.2. The summed E-state index contributed by atoms with van der Waals surface area (Å²) in [4.78, 5) is 29.0. The molecule has 186 valence electrons. The van der Waals surface area contributed by atoms with E-state index in [1.165, 1.54) is 11.6 Å². The van der Waals surface area contributed by atoms with Gasteiger partial charge in [-0.1, -0.05) is 87.0 Å². The maximum absolute atomic E-state index is 12.2. The van der Waals surface area contributed by atoms with Crippen molar-refractivity contribution in [2.24, 2.45) is 0 Å². The zero-order valence-electron chi connectivity index (χ0n) is 20.7. The van der Waals surface area contributed by atoms with E-state index in [1.54, 1.807) is 17.2 Å². The second-order valence-corrected chi connectivity index (χ2v) is 7.88. The smallest absolute Gasteiger partial charge is 0.246 e. The molecule has 0 N–H and O–H groups in total. The van der Waals surface area contributed by atoms with E-state index in [-0.39, 0.29) is 5.91 Å². The Hall–Kier alpha value is -3.22. The van der Waals surface area contributed by atoms with Gasteiger partial charge in [-0.3, -0.25) is 9.59 Å². The average molecular weight is 496 g/mol. The number of fused-ring (bicyclic) bond motifs is 1. The second kappa shape index (κ2) is 15.6. The summed E-state index contributed by atoms with van der Waals surface area (Å²) in [6, 6.07) is 17.8. The van der Waals surface area contributed by atoms with Crippen LogP contribution in [0, 0.1) is 0 Å². The molecule has 1 amide bonds. The fraction of sp³-hybridized carbons (Fsp3) is 0.321. The first kappa shape index (κ1) is 28.0. The molecule has 35 heavy (non-hydrogen) atoms. The van der Waals surface area contributed by atoms with Gasteiger partial charge in [-0.05, 0) is 23.6 Å². The van der Waals surface area contributed by atoms with Gasteiger partial charge in [0, 0.05) is 24.2 Å². The summed E-state index contributed by atoms with van der Waals surface area (Å²) in [6.07, 6.45) is 6.61. The highest BCUT2D eigenvalue weighted by molar-refractivity contribution is 6.31. The Bertz CT molecular complexity index is 1080. The van der Waals surface area contributed by atoms with Crippen molar-refractivity contribution in [1.82, 2.24) is 14.5 Å². The van der Waals surface area contributed by atoms with Crippen LogP contribution in [0.3, 0.4) is 0 Å². The lowest BCUT2D eigenvalue weighted by Crippen LogP contribution is -2.37. The molecular weight excluding hydrogens is 462 g/mol. The maximum atomic E-state index is 12.2. The van der Waals surface area contributed by atoms with Crippen molar-refractivity contribution >= 4 is 23.8 Å². The number of benzene rings is 2. The average Bonchev–Trinajstić information content (AvgIpc) is 3.33. The Labute approximate surface area is 213 Å². The number of imidazole rings is 1. The van der Waals surface area contributed by atoms with E-state index in [0.717, 1.165) is 29.1 Å². The van der Waals surface area contributed by atoms with Crippen molar-refractivity contribution in [3.63, 3.8) is 0 Å². The Morgan fingerprint density at radius 3 is 2.46 bits per heavy atom. The third-order valence-electron chi connectivity index (χ3n) is 5.25. The van der Waals surface area contributed by atoms with E-state index in [0.29, 0.717) is 38.5 Å². The number of amides is 1. The van der Waals surface area contributed by atoms with Crippen LogP contribution in [0.15, 0.2) is 72.9 Å². The topological polar surface area (TPSA) is 64.4 Å². The lowest BCUT2D eigenvalue weighted by molar-refractivity contribution is -0.127. The molecule has 0 aliphatic carbocycles. The molecule has 3 aromatic rings. The van der Waals surface area contributed by atoms with E-state index >= 15 is 0 Å². The van der Waals surface area contributed by atoms with Crippen molar-refractivity contribution in [3.05, 3.63) is 101 Å². The number of hydrogen-bond donors (Lipinski definition) is 0. The largest absolute Gasteiger partial charge is 0.373 e. The first-order chi connectivity index (χ1) is 17.1. The molecule has 1 aliphatic heterocycles. The standard InChI is InChI=1S/C18H19N3O3.C8H9Cl.C2H6/c22-13-16-11-19-17-12-20(8-9-21(16)17)18(23)7-4-10-24-14-15-5-2-1-3-6-15;1-2-7-5-3-4-6-8(7)9;1-2/h1-7,11,13H,8-10,12,14H2;3-6H,2H2,1H3;1-2H3/b7-4+;;. The summed E-state index contributed by atoms with van der Waals surface area (Å²) < 4.78 is 7.37. The number of nitrogens with zero attached hydrogens (tertiary/aromatic N) is 3. The Kier molecular flexibility index (Phi) is 12.5. The molecule has 0 unspecified atom stereocenters. The monoisotopic (exact) mass is 495 g/mol. The van der Waals surface area contributed by atoms with Gasteiger partial charge in [0.1, 0.15) is 11.5 Å². The number of aldehydes is 1. The second-order valence-electron chi connectivity index (χ2n) is 7.48. The maximum Gasteiger partial charge on any atom is 0.246 e. The van der Waals surface area contributed by atoms with Gasteiger partial charge in [-0.25, -0.2) is 4.98 Å². The summed E-state index contributed by atoms with van der Waals surface area (Å²) in [5, 5.41) is 0.875. The van der Waals surface area contributed by atoms with Gasteiger partial charge in [-0.15, -0.1) is 0 Å². The summed E-state index contributed by atoms with van der Waals surface area (Å²) in [7, 11) is 0. The molecule has 1 aliphatic rings. The van der Waals surface area contributed by atoms with Crippen LogP contribution in [-0.2, 0) is 35.6 Å². The van der Waals surface area contributed by atoms with Gasteiger partial charge in [0.2, 0.25) is 5.91 Å². The van der Waals surface area contributed by atoms with Crippen LogP contribution < -0.4 is 0 Å². The molecule has 0 bridgehead atoms. The zero-order valence-corrected chi connectivity index (χ0v) is 21.4. The lowest BCUT2D eigenvalue weighted by Gasteiger charge is -2.27. The number of aromatic nitrogens is 2. The van der Waals surface area contributed by atoms with Gasteiger partial charge < -0.3 is 14.2 Å². The first-order valence-corrected chi connectivity index (χ1v) is 12.3. The van der Waals surface area contributed by atoms with Crippen molar-refractivity contribution in [2.75, 3.05) is 13.2 Å². The van der Waals surface area contributed by atoms with Gasteiger partial charge in [-0.2, -0.15) is 0 Å². The summed E-state index contributed by atoms with van der Waals surface area (Å²) in [6.45, 7) is 8.59. The fourth-order valence-electron chi connectivity index (χ4n) is 3.42. The third kappa shape index (κ3) is 8.81. The number of ether oxygens (including phenoxy) is 1. The van der Waals surface area contributed by atoms with Gasteiger partial charge >= 0.3 is 0 Å². The fourth-order valence-corrected chi connectivity index (χ4v) is 3.69. The minimum Gasteiger partial charge on any atom is -0.373 e. The number of carbonyl (C=O) groups excluding carboxylic acids is 2. The van der Waals surface area contributed by atoms with Crippen LogP contribution in [0.4, 0.5) is 0 Å². The summed E-state index contributed by atoms with van der Waals surface area (Å²) in [5.41, 5.74) is 2.88. The molecule has 2 aromatic carbocycles. The molecule has 6 nitrogen and oxygen atoms in total. The van der Waals surface area contributed by atoms with E-state index < -0.39 is 0 Å². The highest BCUT2D eigenvalue weighted by atomic mass is 35.5. The quantitative estimate of drug-likeness (QED) is 0.238. The van der Waals surface area contributed by atoms with Crippen LogP contribution in [0.1, 0.15) is 48.2 Å². The summed E-state index contributed by atoms with van der Waals surface area (Å²) in [5.74, 6) is 0.672. The molecule has 1 aromatic heterocycles. The van der Waals surface area contributed by atoms with E-state index in [4.69, 9.17) is 16.3 Å². The SMILES string of the molecule is CC.CCc1ccccc1Cl.O=Cc1cnc2n1CCN(C(=O)/C=C/COCc1ccccc1)C2. The number of rotatable bonds is 7. The van der Waals surface area contributed by atoms with Crippen LogP contribution in [0.2, 0.25) is 5.02 Å². The minimum absolute atomic E-state index is 0.0692. The molecule has 7 heteroatoms. The highest BCUT2D eigenvalue weighted by Gasteiger charge is 2.21. The van der Waals surface area contributed by atoms with Crippen LogP contribution in [0.25, 0.3) is 0 Å². The van der Waals surface area contributed by atoms with Crippen LogP contribution in [-0.4, -0.2) is 39.8 Å².